The van der Waals surface area contributed by atoms with Crippen LogP contribution in [-0.2, 0) is 23.4 Å². The fraction of sp³-hybridized carbons (Fsp3) is 0.375. The molecule has 0 aliphatic carbocycles. The first-order valence-electron chi connectivity index (χ1n) is 11.7. The Labute approximate surface area is 222 Å². The van der Waals surface area contributed by atoms with Crippen molar-refractivity contribution < 1.29 is 32.3 Å². The molecule has 1 fully saturated rings. The van der Waals surface area contributed by atoms with E-state index in [9.17, 15) is 18.5 Å². The highest BCUT2D eigenvalue weighted by atomic mass is 35.5. The van der Waals surface area contributed by atoms with E-state index in [0.717, 1.165) is 16.2 Å². The Morgan fingerprint density at radius 2 is 2.05 bits per heavy atom. The van der Waals surface area contributed by atoms with Gasteiger partial charge in [0.2, 0.25) is 0 Å². The number of nitrogens with one attached hydrogen (secondary N) is 1. The summed E-state index contributed by atoms with van der Waals surface area (Å²) in [7, 11) is -4.20. The normalized spacial score (nSPS) is 20.9. The number of nitrogens with two attached hydrogens (primary N) is 1. The Morgan fingerprint density at radius 1 is 1.32 bits per heavy atom. The number of hydrogen-bond donors (Lipinski definition) is 2. The highest BCUT2D eigenvalue weighted by molar-refractivity contribution is 7.52. The molecule has 0 saturated carbocycles. The van der Waals surface area contributed by atoms with Crippen LogP contribution < -0.4 is 21.0 Å². The molecule has 0 amide bonds. The van der Waals surface area contributed by atoms with Crippen molar-refractivity contribution in [1.29, 1.82) is 0 Å². The van der Waals surface area contributed by atoms with Crippen molar-refractivity contribution >= 4 is 41.9 Å². The van der Waals surface area contributed by atoms with E-state index in [-0.39, 0.29) is 35.7 Å². The Bertz CT molecular complexity index is 1420. The van der Waals surface area contributed by atoms with Crippen molar-refractivity contribution in [2.45, 2.75) is 44.9 Å². The van der Waals surface area contributed by atoms with Crippen LogP contribution in [0.5, 0.6) is 5.75 Å². The summed E-state index contributed by atoms with van der Waals surface area (Å²) >= 11 is 5.93. The lowest BCUT2D eigenvalue weighted by molar-refractivity contribution is -0.145. The average molecular weight is 569 g/mol. The van der Waals surface area contributed by atoms with Crippen LogP contribution >= 0.6 is 19.3 Å². The van der Waals surface area contributed by atoms with Gasteiger partial charge in [-0.05, 0) is 25.3 Å². The summed E-state index contributed by atoms with van der Waals surface area (Å²) in [4.78, 5) is 27.9. The molecule has 204 valence electrons. The number of hydrogen-bond acceptors (Lipinski definition) is 9. The fourth-order valence-electron chi connectivity index (χ4n) is 3.85. The summed E-state index contributed by atoms with van der Waals surface area (Å²) in [6.45, 7) is 2.51. The summed E-state index contributed by atoms with van der Waals surface area (Å²) in [5, 5.41) is 3.97. The van der Waals surface area contributed by atoms with Crippen LogP contribution in [0.2, 0.25) is 5.02 Å². The van der Waals surface area contributed by atoms with Gasteiger partial charge in [0.05, 0.1) is 23.8 Å². The Hall–Kier alpha value is -3.02. The van der Waals surface area contributed by atoms with E-state index in [1.54, 1.807) is 38.1 Å². The van der Waals surface area contributed by atoms with Crippen LogP contribution in [0, 0.1) is 0 Å². The van der Waals surface area contributed by atoms with Crippen LogP contribution in [-0.4, -0.2) is 47.1 Å². The van der Waals surface area contributed by atoms with Crippen LogP contribution in [0.4, 0.5) is 10.2 Å². The molecule has 1 aliphatic heterocycles. The van der Waals surface area contributed by atoms with Crippen LogP contribution in [0.3, 0.4) is 0 Å². The van der Waals surface area contributed by atoms with Gasteiger partial charge in [-0.1, -0.05) is 48.0 Å². The second-order valence-corrected chi connectivity index (χ2v) is 11.0. The molecule has 14 heteroatoms. The molecule has 0 bridgehead atoms. The number of carbonyl (C=O) groups is 1. The predicted octanol–water partition coefficient (Wildman–Crippen LogP) is 4.00. The average Bonchev–Trinajstić information content (AvgIpc) is 3.24. The Morgan fingerprint density at radius 3 is 2.82 bits per heavy atom. The zero-order valence-corrected chi connectivity index (χ0v) is 22.2. The van der Waals surface area contributed by atoms with E-state index in [0.29, 0.717) is 5.39 Å². The minimum atomic E-state index is -4.20. The number of esters is 1. The van der Waals surface area contributed by atoms with Crippen LogP contribution in [0.25, 0.3) is 10.8 Å². The van der Waals surface area contributed by atoms with Gasteiger partial charge in [-0.3, -0.25) is 13.9 Å². The van der Waals surface area contributed by atoms with E-state index < -0.39 is 44.5 Å². The molecule has 4 unspecified atom stereocenters. The summed E-state index contributed by atoms with van der Waals surface area (Å²) in [6.07, 6.45) is -3.28. The standard InChI is InChI=1S/C24H27ClFN4O7P/c1-14(2)35-21(31)11-28-38(33,37-20-9-5-7-15-6-3-4-8-17(15)20)34-13-16-10-19(26)23(36-16)30-12-18(25)22(27)29-24(30)32/h3-9,12,14,16,19,23H,10-11,13H2,1-2H3,(H,28,33)(H2,27,29,32). The summed E-state index contributed by atoms with van der Waals surface area (Å²) in [5.74, 6) is -0.605. The van der Waals surface area contributed by atoms with Gasteiger partial charge in [0.1, 0.15) is 24.3 Å². The van der Waals surface area contributed by atoms with Crippen molar-refractivity contribution in [3.63, 3.8) is 0 Å². The van der Waals surface area contributed by atoms with Crippen molar-refractivity contribution in [1.82, 2.24) is 14.6 Å². The van der Waals surface area contributed by atoms with Gasteiger partial charge >= 0.3 is 19.4 Å². The number of carbonyl (C=O) groups excluding carboxylic acids is 1. The maximum absolute atomic E-state index is 14.8. The summed E-state index contributed by atoms with van der Waals surface area (Å²) in [5.41, 5.74) is 4.69. The molecule has 1 aromatic heterocycles. The minimum Gasteiger partial charge on any atom is -0.462 e. The van der Waals surface area contributed by atoms with Crippen LogP contribution in [0.1, 0.15) is 26.5 Å². The number of nitrogen functional groups attached to an aromatic ring is 1. The second kappa shape index (κ2) is 11.8. The molecule has 3 N–H and O–H groups in total. The number of rotatable bonds is 10. The highest BCUT2D eigenvalue weighted by Crippen LogP contribution is 2.47. The fourth-order valence-corrected chi connectivity index (χ4v) is 5.31. The molecule has 2 aromatic carbocycles. The number of ether oxygens (including phenoxy) is 2. The maximum Gasteiger partial charge on any atom is 0.459 e. The van der Waals surface area contributed by atoms with Crippen molar-refractivity contribution in [2.24, 2.45) is 0 Å². The predicted molar refractivity (Wildman–Crippen MR) is 139 cm³/mol. The molecule has 1 aliphatic rings. The smallest absolute Gasteiger partial charge is 0.459 e. The first-order valence-corrected chi connectivity index (χ1v) is 13.7. The molecule has 11 nitrogen and oxygen atoms in total. The number of fused-ring (bicyclic) bond motifs is 1. The van der Waals surface area contributed by atoms with Gasteiger partial charge in [0.25, 0.3) is 0 Å². The van der Waals surface area contributed by atoms with Crippen LogP contribution in [0.15, 0.2) is 53.5 Å². The lowest BCUT2D eigenvalue weighted by Crippen LogP contribution is -2.31. The Kier molecular flexibility index (Phi) is 8.69. The topological polar surface area (TPSA) is 144 Å². The maximum atomic E-state index is 14.8. The van der Waals surface area contributed by atoms with Crippen molar-refractivity contribution in [2.75, 3.05) is 18.9 Å². The number of benzene rings is 2. The quantitative estimate of drug-likeness (QED) is 0.272. The molecular formula is C24H27ClFN4O7P. The molecule has 1 saturated heterocycles. The molecule has 0 spiro atoms. The van der Waals surface area contributed by atoms with E-state index in [1.165, 1.54) is 0 Å². The van der Waals surface area contributed by atoms with Crippen molar-refractivity contribution in [3.8, 4) is 5.75 Å². The van der Waals surface area contributed by atoms with Crippen molar-refractivity contribution in [3.05, 3.63) is 64.2 Å². The molecule has 2 heterocycles. The lowest BCUT2D eigenvalue weighted by Gasteiger charge is -2.22. The van der Waals surface area contributed by atoms with E-state index >= 15 is 0 Å². The number of nitrogens with zero attached hydrogens (tertiary/aromatic N) is 2. The van der Waals surface area contributed by atoms with Gasteiger partial charge in [-0.2, -0.15) is 4.98 Å². The third-order valence-electron chi connectivity index (χ3n) is 5.52. The first-order chi connectivity index (χ1) is 18.0. The van der Waals surface area contributed by atoms with Gasteiger partial charge < -0.3 is 19.7 Å². The van der Waals surface area contributed by atoms with E-state index in [1.807, 2.05) is 18.2 Å². The van der Waals surface area contributed by atoms with E-state index in [2.05, 4.69) is 10.1 Å². The number of alkyl halides is 1. The van der Waals surface area contributed by atoms with Gasteiger partial charge in [-0.25, -0.2) is 18.8 Å². The minimum absolute atomic E-state index is 0.0365. The summed E-state index contributed by atoms with van der Waals surface area (Å²) in [6, 6.07) is 12.5. The molecular weight excluding hydrogens is 542 g/mol. The molecule has 38 heavy (non-hydrogen) atoms. The molecule has 0 radical (unpaired) electrons. The lowest BCUT2D eigenvalue weighted by atomic mass is 10.1. The largest absolute Gasteiger partial charge is 0.462 e. The molecule has 4 atom stereocenters. The van der Waals surface area contributed by atoms with Gasteiger partial charge in [0.15, 0.2) is 6.23 Å². The molecule has 4 rings (SSSR count). The van der Waals surface area contributed by atoms with Gasteiger partial charge in [0, 0.05) is 18.0 Å². The SMILES string of the molecule is CC(C)OC(=O)CNP(=O)(OCC1CC(F)C(n2cc(Cl)c(N)nc2=O)O1)Oc1cccc2ccccc12. The van der Waals surface area contributed by atoms with E-state index in [4.69, 9.17) is 35.9 Å². The Balaban J connectivity index is 1.51. The number of anilines is 1. The van der Waals surface area contributed by atoms with Gasteiger partial charge in [-0.15, -0.1) is 0 Å². The third kappa shape index (κ3) is 6.69. The zero-order chi connectivity index (χ0) is 27.4. The zero-order valence-electron chi connectivity index (χ0n) is 20.6. The third-order valence-corrected chi connectivity index (χ3v) is 7.28. The summed E-state index contributed by atoms with van der Waals surface area (Å²) < 4.78 is 51.6. The monoisotopic (exact) mass is 568 g/mol. The first kappa shape index (κ1) is 28.0. The second-order valence-electron chi connectivity index (χ2n) is 8.80. The highest BCUT2D eigenvalue weighted by Gasteiger charge is 2.40. The molecule has 3 aromatic rings. The number of aromatic nitrogens is 2. The number of halogens is 2.